The molecule has 8 heteroatoms. The van der Waals surface area contributed by atoms with Crippen molar-refractivity contribution < 1.29 is 9.59 Å². The molecular formula is C27H30N6O2. The molecule has 0 aliphatic carbocycles. The fourth-order valence-corrected chi connectivity index (χ4v) is 4.70. The second kappa shape index (κ2) is 10.1. The molecule has 1 aliphatic heterocycles. The van der Waals surface area contributed by atoms with Gasteiger partial charge in [0.1, 0.15) is 0 Å². The molecule has 0 atom stereocenters. The highest BCUT2D eigenvalue weighted by atomic mass is 16.2. The third-order valence-electron chi connectivity index (χ3n) is 6.74. The summed E-state index contributed by atoms with van der Waals surface area (Å²) >= 11 is 0. The fraction of sp³-hybridized carbons (Fsp3) is 0.333. The van der Waals surface area contributed by atoms with Gasteiger partial charge in [0.2, 0.25) is 17.8 Å². The summed E-state index contributed by atoms with van der Waals surface area (Å²) in [5.41, 5.74) is 7.90. The molecule has 1 aliphatic rings. The Hall–Kier alpha value is -3.94. The zero-order valence-electron chi connectivity index (χ0n) is 19.8. The molecule has 0 radical (unpaired) electrons. The molecule has 2 aromatic carbocycles. The third-order valence-corrected chi connectivity index (χ3v) is 6.74. The topological polar surface area (TPSA) is 97.3 Å². The number of benzene rings is 2. The average Bonchev–Trinajstić information content (AvgIpc) is 3.30. The minimum atomic E-state index is -0.413. The van der Waals surface area contributed by atoms with Gasteiger partial charge in [-0.25, -0.2) is 9.97 Å². The van der Waals surface area contributed by atoms with Crippen molar-refractivity contribution in [3.8, 4) is 0 Å². The van der Waals surface area contributed by atoms with Crippen molar-refractivity contribution in [1.82, 2.24) is 19.4 Å². The summed E-state index contributed by atoms with van der Waals surface area (Å²) in [7, 11) is 0. The van der Waals surface area contributed by atoms with Crippen molar-refractivity contribution in [2.75, 3.05) is 31.1 Å². The lowest BCUT2D eigenvalue weighted by Crippen LogP contribution is -2.49. The van der Waals surface area contributed by atoms with Crippen molar-refractivity contribution in [3.05, 3.63) is 66.5 Å². The summed E-state index contributed by atoms with van der Waals surface area (Å²) in [6.07, 6.45) is 7.31. The summed E-state index contributed by atoms with van der Waals surface area (Å²) in [5, 5.41) is 2.13. The molecule has 2 N–H and O–H groups in total. The summed E-state index contributed by atoms with van der Waals surface area (Å²) in [4.78, 5) is 37.5. The fourth-order valence-electron chi connectivity index (χ4n) is 4.70. The van der Waals surface area contributed by atoms with E-state index >= 15 is 0 Å². The molecule has 4 aromatic rings. The molecule has 35 heavy (non-hydrogen) atoms. The van der Waals surface area contributed by atoms with Crippen molar-refractivity contribution in [2.45, 2.75) is 32.2 Å². The van der Waals surface area contributed by atoms with E-state index in [0.29, 0.717) is 25.1 Å². The molecule has 180 valence electrons. The number of carbonyl (C=O) groups is 2. The molecular weight excluding hydrogens is 440 g/mol. The Morgan fingerprint density at radius 3 is 2.57 bits per heavy atom. The van der Waals surface area contributed by atoms with Crippen molar-refractivity contribution in [3.63, 3.8) is 0 Å². The predicted molar refractivity (Wildman–Crippen MR) is 137 cm³/mol. The van der Waals surface area contributed by atoms with Crippen LogP contribution in [-0.2, 0) is 11.3 Å². The summed E-state index contributed by atoms with van der Waals surface area (Å²) in [6.45, 7) is 3.75. The first-order valence-corrected chi connectivity index (χ1v) is 12.2. The lowest BCUT2D eigenvalue weighted by atomic mass is 10.1. The van der Waals surface area contributed by atoms with Gasteiger partial charge in [0.25, 0.3) is 0 Å². The number of amides is 2. The van der Waals surface area contributed by atoms with Crippen LogP contribution in [0.15, 0.2) is 60.9 Å². The molecule has 0 spiro atoms. The molecule has 8 nitrogen and oxygen atoms in total. The van der Waals surface area contributed by atoms with E-state index in [-0.39, 0.29) is 5.91 Å². The van der Waals surface area contributed by atoms with Crippen LogP contribution in [0.1, 0.15) is 36.0 Å². The van der Waals surface area contributed by atoms with Crippen LogP contribution in [0.5, 0.6) is 0 Å². The lowest BCUT2D eigenvalue weighted by Gasteiger charge is -2.34. The summed E-state index contributed by atoms with van der Waals surface area (Å²) in [5.74, 6) is 0.543. The number of rotatable bonds is 8. The van der Waals surface area contributed by atoms with Gasteiger partial charge in [-0.15, -0.1) is 0 Å². The molecule has 1 fully saturated rings. The van der Waals surface area contributed by atoms with E-state index in [1.165, 1.54) is 0 Å². The number of carbonyl (C=O) groups excluding carboxylic acids is 2. The molecule has 0 bridgehead atoms. The van der Waals surface area contributed by atoms with Gasteiger partial charge in [0.05, 0.1) is 5.52 Å². The van der Waals surface area contributed by atoms with E-state index in [1.807, 2.05) is 59.8 Å². The Labute approximate surface area is 204 Å². The molecule has 5 rings (SSSR count). The van der Waals surface area contributed by atoms with Gasteiger partial charge in [-0.1, -0.05) is 30.7 Å². The Balaban J connectivity index is 1.06. The Morgan fingerprint density at radius 2 is 1.74 bits per heavy atom. The largest absolute Gasteiger partial charge is 0.366 e. The predicted octanol–water partition coefficient (Wildman–Crippen LogP) is 3.59. The maximum Gasteiger partial charge on any atom is 0.248 e. The number of nitrogens with two attached hydrogens (primary N) is 1. The van der Waals surface area contributed by atoms with Gasteiger partial charge < -0.3 is 20.1 Å². The van der Waals surface area contributed by atoms with Gasteiger partial charge >= 0.3 is 0 Å². The number of nitrogens with zero attached hydrogens (tertiary/aromatic N) is 5. The number of aryl methyl sites for hydroxylation is 1. The Kier molecular flexibility index (Phi) is 6.61. The first kappa shape index (κ1) is 22.8. The van der Waals surface area contributed by atoms with Gasteiger partial charge in [-0.05, 0) is 42.5 Å². The second-order valence-electron chi connectivity index (χ2n) is 9.05. The maximum atomic E-state index is 12.7. The van der Waals surface area contributed by atoms with Crippen molar-refractivity contribution >= 4 is 39.6 Å². The number of anilines is 1. The highest BCUT2D eigenvalue weighted by molar-refractivity contribution is 5.97. The Morgan fingerprint density at radius 1 is 0.914 bits per heavy atom. The van der Waals surface area contributed by atoms with Gasteiger partial charge in [0.15, 0.2) is 0 Å². The molecule has 1 saturated heterocycles. The van der Waals surface area contributed by atoms with Crippen LogP contribution in [0.25, 0.3) is 21.8 Å². The number of primary amides is 1. The number of piperazine rings is 1. The Bertz CT molecular complexity index is 1360. The highest BCUT2D eigenvalue weighted by Crippen LogP contribution is 2.20. The SMILES string of the molecule is NC(=O)c1ccc2ccn(CCCCCC(=O)N3CCN(c4ncc5ccccc5n4)CC3)c2c1. The van der Waals surface area contributed by atoms with E-state index in [2.05, 4.69) is 19.4 Å². The van der Waals surface area contributed by atoms with Crippen LogP contribution in [0, 0.1) is 0 Å². The minimum absolute atomic E-state index is 0.224. The van der Waals surface area contributed by atoms with Crippen LogP contribution < -0.4 is 10.6 Å². The standard InChI is InChI=1S/C27H30N6O2/c28-26(35)21-10-9-20-11-13-31(24(20)18-21)12-5-1-2-8-25(34)32-14-16-33(17-15-32)27-29-19-22-6-3-4-7-23(22)30-27/h3-4,6-7,9-11,13,18-19H,1-2,5,8,12,14-17H2,(H2,28,35). The second-order valence-corrected chi connectivity index (χ2v) is 9.05. The van der Waals surface area contributed by atoms with Crippen molar-refractivity contribution in [1.29, 1.82) is 0 Å². The van der Waals surface area contributed by atoms with Gasteiger partial charge in [-0.2, -0.15) is 0 Å². The maximum absolute atomic E-state index is 12.7. The van der Waals surface area contributed by atoms with E-state index in [0.717, 1.165) is 66.7 Å². The molecule has 0 saturated carbocycles. The molecule has 2 aromatic heterocycles. The highest BCUT2D eigenvalue weighted by Gasteiger charge is 2.22. The number of aromatic nitrogens is 3. The minimum Gasteiger partial charge on any atom is -0.366 e. The lowest BCUT2D eigenvalue weighted by molar-refractivity contribution is -0.131. The van der Waals surface area contributed by atoms with Crippen LogP contribution in [0.4, 0.5) is 5.95 Å². The number of para-hydroxylation sites is 1. The van der Waals surface area contributed by atoms with Crippen LogP contribution in [0.3, 0.4) is 0 Å². The zero-order valence-corrected chi connectivity index (χ0v) is 19.8. The monoisotopic (exact) mass is 470 g/mol. The van der Waals surface area contributed by atoms with Crippen LogP contribution >= 0.6 is 0 Å². The van der Waals surface area contributed by atoms with E-state index in [4.69, 9.17) is 5.73 Å². The molecule has 0 unspecified atom stereocenters. The zero-order chi connectivity index (χ0) is 24.2. The smallest absolute Gasteiger partial charge is 0.248 e. The van der Waals surface area contributed by atoms with E-state index < -0.39 is 5.91 Å². The van der Waals surface area contributed by atoms with Crippen molar-refractivity contribution in [2.24, 2.45) is 5.73 Å². The number of unbranched alkanes of at least 4 members (excludes halogenated alkanes) is 2. The normalized spacial score (nSPS) is 14.1. The first-order valence-electron chi connectivity index (χ1n) is 12.2. The number of fused-ring (bicyclic) bond motifs is 2. The molecule has 3 heterocycles. The molecule has 2 amide bonds. The van der Waals surface area contributed by atoms with Crippen LogP contribution in [-0.4, -0.2) is 57.4 Å². The third kappa shape index (κ3) is 5.11. The summed E-state index contributed by atoms with van der Waals surface area (Å²) < 4.78 is 2.15. The van der Waals surface area contributed by atoms with Gasteiger partial charge in [-0.3, -0.25) is 9.59 Å². The number of hydrogen-bond donors (Lipinski definition) is 1. The average molecular weight is 471 g/mol. The summed E-state index contributed by atoms with van der Waals surface area (Å²) in [6, 6.07) is 15.6. The number of hydrogen-bond acceptors (Lipinski definition) is 5. The first-order chi connectivity index (χ1) is 17.1. The van der Waals surface area contributed by atoms with E-state index in [9.17, 15) is 9.59 Å². The van der Waals surface area contributed by atoms with E-state index in [1.54, 1.807) is 6.07 Å². The quantitative estimate of drug-likeness (QED) is 0.397. The van der Waals surface area contributed by atoms with Crippen LogP contribution in [0.2, 0.25) is 0 Å². The van der Waals surface area contributed by atoms with Gasteiger partial charge in [0, 0.05) is 68.0 Å².